The van der Waals surface area contributed by atoms with Crippen molar-refractivity contribution < 1.29 is 33.4 Å². The third-order valence-electron chi connectivity index (χ3n) is 8.32. The average molecular weight is 711 g/mol. The van der Waals surface area contributed by atoms with Gasteiger partial charge in [-0.3, -0.25) is 14.4 Å². The third kappa shape index (κ3) is 12.4. The number of likely N-dealkylation sites (N-methyl/N-ethyl adjacent to an activating group) is 1. The van der Waals surface area contributed by atoms with Crippen LogP contribution in [0.1, 0.15) is 84.8 Å². The maximum Gasteiger partial charge on any atom is 0.408 e. The Balaban J connectivity index is 1.86. The summed E-state index contributed by atoms with van der Waals surface area (Å²) in [5.74, 6) is -2.20. The lowest BCUT2D eigenvalue weighted by atomic mass is 9.80. The lowest BCUT2D eigenvalue weighted by molar-refractivity contribution is -0.159. The molecule has 0 aliphatic heterocycles. The SMILES string of the molecule is CN(C(=O)C1(NC(=O)[C@H](Cc2ccccc2)NC(=O)OC(C)(C)C)CCCCC1)[C@@H](CS)C(=O)N[C@@H](Cc1ccccc1)C(=O)OC(C)(C)C. The van der Waals surface area contributed by atoms with Gasteiger partial charge in [-0.05, 0) is 65.5 Å². The van der Waals surface area contributed by atoms with Gasteiger partial charge in [0.05, 0.1) is 0 Å². The van der Waals surface area contributed by atoms with E-state index >= 15 is 0 Å². The molecule has 1 aliphatic carbocycles. The van der Waals surface area contributed by atoms with E-state index in [0.29, 0.717) is 25.7 Å². The molecular weight excluding hydrogens is 657 g/mol. The molecule has 0 radical (unpaired) electrons. The van der Waals surface area contributed by atoms with Gasteiger partial charge in [0.15, 0.2) is 0 Å². The van der Waals surface area contributed by atoms with Crippen LogP contribution in [-0.4, -0.2) is 82.4 Å². The van der Waals surface area contributed by atoms with Crippen molar-refractivity contribution in [3.8, 4) is 0 Å². The molecule has 0 unspecified atom stereocenters. The van der Waals surface area contributed by atoms with E-state index in [4.69, 9.17) is 9.47 Å². The number of ether oxygens (including phenoxy) is 2. The highest BCUT2D eigenvalue weighted by Gasteiger charge is 2.46. The van der Waals surface area contributed by atoms with Crippen molar-refractivity contribution in [1.82, 2.24) is 20.9 Å². The Morgan fingerprint density at radius 2 is 1.24 bits per heavy atom. The first-order chi connectivity index (χ1) is 23.4. The molecule has 274 valence electrons. The number of amides is 4. The predicted molar refractivity (Wildman–Crippen MR) is 196 cm³/mol. The minimum absolute atomic E-state index is 0.0404. The Hall–Kier alpha value is -4.06. The molecule has 0 aromatic heterocycles. The van der Waals surface area contributed by atoms with Crippen LogP contribution in [0.4, 0.5) is 4.79 Å². The minimum atomic E-state index is -1.33. The number of rotatable bonds is 13. The fourth-order valence-electron chi connectivity index (χ4n) is 5.92. The molecule has 11 nitrogen and oxygen atoms in total. The molecule has 4 amide bonds. The molecule has 3 atom stereocenters. The summed E-state index contributed by atoms with van der Waals surface area (Å²) in [5, 5.41) is 8.52. The van der Waals surface area contributed by atoms with Gasteiger partial charge < -0.3 is 30.3 Å². The highest BCUT2D eigenvalue weighted by Crippen LogP contribution is 2.31. The second-order valence-corrected chi connectivity index (χ2v) is 15.3. The van der Waals surface area contributed by atoms with Gasteiger partial charge in [-0.1, -0.05) is 79.9 Å². The number of benzene rings is 2. The first kappa shape index (κ1) is 40.4. The number of thiol groups is 1. The summed E-state index contributed by atoms with van der Waals surface area (Å²) in [7, 11) is 1.51. The summed E-state index contributed by atoms with van der Waals surface area (Å²) >= 11 is 4.43. The van der Waals surface area contributed by atoms with E-state index in [1.165, 1.54) is 11.9 Å². The number of hydrogen-bond acceptors (Lipinski definition) is 8. The Kier molecular flexibility index (Phi) is 14.3. The van der Waals surface area contributed by atoms with Gasteiger partial charge in [-0.2, -0.15) is 12.6 Å². The fraction of sp³-hybridized carbons (Fsp3) is 0.553. The maximum atomic E-state index is 14.4. The van der Waals surface area contributed by atoms with Crippen molar-refractivity contribution in [3.63, 3.8) is 0 Å². The van der Waals surface area contributed by atoms with Crippen LogP contribution in [-0.2, 0) is 41.5 Å². The van der Waals surface area contributed by atoms with E-state index in [1.807, 2.05) is 60.7 Å². The number of hydrogen-bond donors (Lipinski definition) is 4. The van der Waals surface area contributed by atoms with Crippen LogP contribution in [0.3, 0.4) is 0 Å². The highest BCUT2D eigenvalue weighted by molar-refractivity contribution is 7.80. The first-order valence-corrected chi connectivity index (χ1v) is 17.9. The second-order valence-electron chi connectivity index (χ2n) is 14.9. The number of carbonyl (C=O) groups excluding carboxylic acids is 5. The summed E-state index contributed by atoms with van der Waals surface area (Å²) in [6.07, 6.45) is 2.54. The third-order valence-corrected chi connectivity index (χ3v) is 8.67. The monoisotopic (exact) mass is 710 g/mol. The molecule has 0 bridgehead atoms. The smallest absolute Gasteiger partial charge is 0.408 e. The van der Waals surface area contributed by atoms with Crippen LogP contribution in [0.15, 0.2) is 60.7 Å². The molecular formula is C38H54N4O7S. The maximum absolute atomic E-state index is 14.4. The Bertz CT molecular complexity index is 1450. The van der Waals surface area contributed by atoms with E-state index in [0.717, 1.165) is 17.5 Å². The zero-order valence-corrected chi connectivity index (χ0v) is 31.3. The largest absolute Gasteiger partial charge is 0.458 e. The molecule has 0 spiro atoms. The Morgan fingerprint density at radius 1 is 0.740 bits per heavy atom. The van der Waals surface area contributed by atoms with E-state index in [1.54, 1.807) is 41.5 Å². The number of carbonyl (C=O) groups is 5. The van der Waals surface area contributed by atoms with Crippen LogP contribution < -0.4 is 16.0 Å². The van der Waals surface area contributed by atoms with Crippen molar-refractivity contribution in [2.24, 2.45) is 0 Å². The quantitative estimate of drug-likeness (QED) is 0.173. The number of nitrogens with zero attached hydrogens (tertiary/aromatic N) is 1. The van der Waals surface area contributed by atoms with Gasteiger partial charge in [-0.15, -0.1) is 0 Å². The molecule has 50 heavy (non-hydrogen) atoms. The van der Waals surface area contributed by atoms with Gasteiger partial charge in [-0.25, -0.2) is 9.59 Å². The lowest BCUT2D eigenvalue weighted by Crippen LogP contribution is -2.66. The molecule has 1 saturated carbocycles. The molecule has 1 aliphatic rings. The molecule has 0 heterocycles. The molecule has 12 heteroatoms. The molecule has 2 aromatic carbocycles. The predicted octanol–water partition coefficient (Wildman–Crippen LogP) is 4.77. The van der Waals surface area contributed by atoms with Gasteiger partial charge in [0, 0.05) is 25.6 Å². The van der Waals surface area contributed by atoms with Crippen LogP contribution in [0.2, 0.25) is 0 Å². The van der Waals surface area contributed by atoms with Gasteiger partial charge in [0.2, 0.25) is 17.7 Å². The summed E-state index contributed by atoms with van der Waals surface area (Å²) in [6.45, 7) is 10.4. The molecule has 0 saturated heterocycles. The summed E-state index contributed by atoms with van der Waals surface area (Å²) < 4.78 is 11.1. The highest BCUT2D eigenvalue weighted by atomic mass is 32.1. The lowest BCUT2D eigenvalue weighted by Gasteiger charge is -2.41. The number of esters is 1. The summed E-state index contributed by atoms with van der Waals surface area (Å²) in [4.78, 5) is 69.7. The molecule has 2 aromatic rings. The number of alkyl carbamates (subject to hydrolysis) is 1. The van der Waals surface area contributed by atoms with Crippen LogP contribution >= 0.6 is 12.6 Å². The van der Waals surface area contributed by atoms with Gasteiger partial charge >= 0.3 is 12.1 Å². The van der Waals surface area contributed by atoms with Crippen LogP contribution in [0, 0.1) is 0 Å². The standard InChI is InChI=1S/C38H54N4O7S/c1-36(2,3)48-33(45)29(24-27-19-13-9-14-20-27)39-32(44)30(25-50)42(7)34(46)38(21-15-10-16-22-38)41-31(43)28(23-26-17-11-8-12-18-26)40-35(47)49-37(4,5)6/h8-9,11-14,17-20,28-30,50H,10,15-16,21-25H2,1-7H3,(H,39,44)(H,40,47)(H,41,43)/t28-,29-,30-/m0/s1. The van der Waals surface area contributed by atoms with Gasteiger partial charge in [0.1, 0.15) is 34.9 Å². The summed E-state index contributed by atoms with van der Waals surface area (Å²) in [6, 6.07) is 15.4. The van der Waals surface area contributed by atoms with Crippen molar-refractivity contribution in [3.05, 3.63) is 71.8 Å². The van der Waals surface area contributed by atoms with Crippen molar-refractivity contribution in [1.29, 1.82) is 0 Å². The molecule has 3 rings (SSSR count). The second kappa shape index (κ2) is 17.7. The number of nitrogens with one attached hydrogen (secondary N) is 3. The van der Waals surface area contributed by atoms with E-state index in [2.05, 4.69) is 28.6 Å². The summed E-state index contributed by atoms with van der Waals surface area (Å²) in [5.41, 5.74) is -1.26. The topological polar surface area (TPSA) is 143 Å². The fourth-order valence-corrected chi connectivity index (χ4v) is 6.33. The first-order valence-electron chi connectivity index (χ1n) is 17.2. The Labute approximate surface area is 302 Å². The van der Waals surface area contributed by atoms with Crippen molar-refractivity contribution >= 4 is 42.4 Å². The van der Waals surface area contributed by atoms with E-state index < -0.39 is 64.7 Å². The Morgan fingerprint density at radius 3 is 1.72 bits per heavy atom. The average Bonchev–Trinajstić information content (AvgIpc) is 3.03. The minimum Gasteiger partial charge on any atom is -0.458 e. The molecule has 1 fully saturated rings. The van der Waals surface area contributed by atoms with Crippen molar-refractivity contribution in [2.45, 2.75) is 121 Å². The zero-order valence-electron chi connectivity index (χ0n) is 30.4. The normalized spacial score (nSPS) is 16.2. The van der Waals surface area contributed by atoms with Crippen LogP contribution in [0.25, 0.3) is 0 Å². The molecule has 3 N–H and O–H groups in total. The van der Waals surface area contributed by atoms with Crippen LogP contribution in [0.5, 0.6) is 0 Å². The van der Waals surface area contributed by atoms with E-state index in [-0.39, 0.29) is 18.6 Å². The van der Waals surface area contributed by atoms with Crippen molar-refractivity contribution in [2.75, 3.05) is 12.8 Å². The van der Waals surface area contributed by atoms with E-state index in [9.17, 15) is 24.0 Å². The van der Waals surface area contributed by atoms with Gasteiger partial charge in [0.25, 0.3) is 0 Å². The zero-order chi connectivity index (χ0) is 37.1.